The van der Waals surface area contributed by atoms with E-state index in [1.54, 1.807) is 0 Å². The molecule has 0 aliphatic heterocycles. The molecule has 1 aromatic rings. The first-order valence-corrected chi connectivity index (χ1v) is 9.28. The molecule has 0 radical (unpaired) electrons. The molecule has 0 amide bonds. The number of nitrogens with zero attached hydrogens (tertiary/aromatic N) is 2. The molecule has 0 bridgehead atoms. The molecule has 2 N–H and O–H groups in total. The Hall–Kier alpha value is -0.790. The van der Waals surface area contributed by atoms with Gasteiger partial charge in [-0.1, -0.05) is 50.6 Å². The van der Waals surface area contributed by atoms with Crippen molar-refractivity contribution in [1.82, 2.24) is 15.8 Å². The Balaban J connectivity index is 0.00000288. The van der Waals surface area contributed by atoms with Crippen LogP contribution >= 0.6 is 24.0 Å². The van der Waals surface area contributed by atoms with Gasteiger partial charge in [-0.05, 0) is 25.7 Å². The van der Waals surface area contributed by atoms with Crippen molar-refractivity contribution in [3.63, 3.8) is 0 Å². The van der Waals surface area contributed by atoms with Gasteiger partial charge in [0.05, 0.1) is 5.69 Å². The lowest BCUT2D eigenvalue weighted by molar-refractivity contribution is 0.379. The maximum atomic E-state index is 5.27. The SMILES string of the molecule is CCNC(=NCc1cc(CC)no1)NCCCCC1CCCC1.I. The molecule has 24 heavy (non-hydrogen) atoms. The van der Waals surface area contributed by atoms with Crippen molar-refractivity contribution in [3.05, 3.63) is 17.5 Å². The Morgan fingerprint density at radius 2 is 2.04 bits per heavy atom. The lowest BCUT2D eigenvalue weighted by Crippen LogP contribution is -2.37. The Labute approximate surface area is 163 Å². The molecule has 0 aromatic carbocycles. The van der Waals surface area contributed by atoms with Gasteiger partial charge in [0.2, 0.25) is 0 Å². The number of rotatable bonds is 9. The summed E-state index contributed by atoms with van der Waals surface area (Å²) in [5, 5.41) is 10.7. The first-order valence-electron chi connectivity index (χ1n) is 9.28. The van der Waals surface area contributed by atoms with Crippen molar-refractivity contribution in [3.8, 4) is 0 Å². The maximum Gasteiger partial charge on any atom is 0.191 e. The summed E-state index contributed by atoms with van der Waals surface area (Å²) in [5.74, 6) is 2.68. The monoisotopic (exact) mass is 448 g/mol. The molecule has 5 nitrogen and oxygen atoms in total. The second-order valence-electron chi connectivity index (χ2n) is 6.41. The van der Waals surface area contributed by atoms with E-state index in [-0.39, 0.29) is 24.0 Å². The number of hydrogen-bond acceptors (Lipinski definition) is 3. The number of unbranched alkanes of at least 4 members (excludes halogenated alkanes) is 1. The molecule has 0 atom stereocenters. The third-order valence-corrected chi connectivity index (χ3v) is 4.51. The summed E-state index contributed by atoms with van der Waals surface area (Å²) < 4.78 is 5.27. The molecular formula is C18H33IN4O. The molecule has 0 saturated heterocycles. The predicted octanol–water partition coefficient (Wildman–Crippen LogP) is 4.27. The van der Waals surface area contributed by atoms with Crippen molar-refractivity contribution in [1.29, 1.82) is 0 Å². The van der Waals surface area contributed by atoms with E-state index in [0.29, 0.717) is 6.54 Å². The van der Waals surface area contributed by atoms with Crippen LogP contribution in [-0.4, -0.2) is 24.2 Å². The Morgan fingerprint density at radius 1 is 1.25 bits per heavy atom. The van der Waals surface area contributed by atoms with Gasteiger partial charge in [0.25, 0.3) is 0 Å². The van der Waals surface area contributed by atoms with Crippen molar-refractivity contribution in [2.24, 2.45) is 10.9 Å². The Morgan fingerprint density at radius 3 is 2.71 bits per heavy atom. The maximum absolute atomic E-state index is 5.27. The summed E-state index contributed by atoms with van der Waals surface area (Å²) in [5.41, 5.74) is 0.986. The van der Waals surface area contributed by atoms with Crippen LogP contribution in [0.4, 0.5) is 0 Å². The van der Waals surface area contributed by atoms with Crippen molar-refractivity contribution in [2.75, 3.05) is 13.1 Å². The van der Waals surface area contributed by atoms with Gasteiger partial charge in [-0.15, -0.1) is 24.0 Å². The minimum atomic E-state index is 0. The largest absolute Gasteiger partial charge is 0.359 e. The van der Waals surface area contributed by atoms with Gasteiger partial charge in [-0.2, -0.15) is 0 Å². The third-order valence-electron chi connectivity index (χ3n) is 4.51. The molecule has 1 saturated carbocycles. The Bertz CT molecular complexity index is 469. The fourth-order valence-corrected chi connectivity index (χ4v) is 3.16. The van der Waals surface area contributed by atoms with Gasteiger partial charge in [0, 0.05) is 19.2 Å². The zero-order chi connectivity index (χ0) is 16.3. The van der Waals surface area contributed by atoms with E-state index in [9.17, 15) is 0 Å². The van der Waals surface area contributed by atoms with E-state index < -0.39 is 0 Å². The Kier molecular flexibility index (Phi) is 11.1. The highest BCUT2D eigenvalue weighted by molar-refractivity contribution is 14.0. The second-order valence-corrected chi connectivity index (χ2v) is 6.41. The molecule has 2 rings (SSSR count). The molecule has 0 spiro atoms. The molecule has 1 aliphatic rings. The second kappa shape index (κ2) is 12.6. The van der Waals surface area contributed by atoms with E-state index in [2.05, 4.69) is 34.6 Å². The van der Waals surface area contributed by atoms with Gasteiger partial charge < -0.3 is 15.2 Å². The van der Waals surface area contributed by atoms with E-state index in [1.807, 2.05) is 6.07 Å². The first-order chi connectivity index (χ1) is 11.3. The highest BCUT2D eigenvalue weighted by Gasteiger charge is 2.13. The standard InChI is InChI=1S/C18H32N4O.HI/c1-3-16-13-17(23-22-16)14-21-18(19-4-2)20-12-8-7-11-15-9-5-6-10-15;/h13,15H,3-12,14H2,1-2H3,(H2,19,20,21);1H. The van der Waals surface area contributed by atoms with Gasteiger partial charge in [0.1, 0.15) is 6.54 Å². The highest BCUT2D eigenvalue weighted by Crippen LogP contribution is 2.28. The number of hydrogen-bond donors (Lipinski definition) is 2. The molecule has 1 heterocycles. The zero-order valence-corrected chi connectivity index (χ0v) is 17.5. The fourth-order valence-electron chi connectivity index (χ4n) is 3.16. The third kappa shape index (κ3) is 7.85. The van der Waals surface area contributed by atoms with Gasteiger partial charge in [-0.25, -0.2) is 4.99 Å². The minimum Gasteiger partial charge on any atom is -0.359 e. The summed E-state index contributed by atoms with van der Waals surface area (Å²) in [7, 11) is 0. The van der Waals surface area contributed by atoms with Gasteiger partial charge in [-0.3, -0.25) is 0 Å². The van der Waals surface area contributed by atoms with E-state index in [4.69, 9.17) is 4.52 Å². The number of aliphatic imine (C=N–C) groups is 1. The summed E-state index contributed by atoms with van der Waals surface area (Å²) in [6.07, 6.45) is 10.6. The average Bonchev–Trinajstić information content (AvgIpc) is 3.23. The van der Waals surface area contributed by atoms with Crippen LogP contribution in [0.2, 0.25) is 0 Å². The summed E-state index contributed by atoms with van der Waals surface area (Å²) >= 11 is 0. The van der Waals surface area contributed by atoms with Gasteiger partial charge in [0.15, 0.2) is 11.7 Å². The zero-order valence-electron chi connectivity index (χ0n) is 15.1. The number of aromatic nitrogens is 1. The lowest BCUT2D eigenvalue weighted by Gasteiger charge is -2.12. The van der Waals surface area contributed by atoms with Gasteiger partial charge >= 0.3 is 0 Å². The van der Waals surface area contributed by atoms with Crippen LogP contribution in [0.25, 0.3) is 0 Å². The quantitative estimate of drug-likeness (QED) is 0.256. The van der Waals surface area contributed by atoms with Crippen molar-refractivity contribution < 1.29 is 4.52 Å². The highest BCUT2D eigenvalue weighted by atomic mass is 127. The van der Waals surface area contributed by atoms with Crippen LogP contribution in [0.15, 0.2) is 15.6 Å². The topological polar surface area (TPSA) is 62.5 Å². The number of guanidine groups is 1. The molecule has 6 heteroatoms. The average molecular weight is 448 g/mol. The molecule has 1 aromatic heterocycles. The van der Waals surface area contributed by atoms with E-state index in [0.717, 1.165) is 42.8 Å². The molecule has 1 fully saturated rings. The van der Waals surface area contributed by atoms with Crippen LogP contribution in [0.3, 0.4) is 0 Å². The summed E-state index contributed by atoms with van der Waals surface area (Å²) in [6.45, 7) is 6.53. The van der Waals surface area contributed by atoms with Crippen LogP contribution in [-0.2, 0) is 13.0 Å². The minimum absolute atomic E-state index is 0. The van der Waals surface area contributed by atoms with Crippen LogP contribution in [0.5, 0.6) is 0 Å². The fraction of sp³-hybridized carbons (Fsp3) is 0.778. The van der Waals surface area contributed by atoms with Crippen LogP contribution in [0, 0.1) is 5.92 Å². The van der Waals surface area contributed by atoms with Crippen molar-refractivity contribution in [2.45, 2.75) is 71.8 Å². The van der Waals surface area contributed by atoms with Crippen LogP contribution in [0.1, 0.15) is 70.2 Å². The summed E-state index contributed by atoms with van der Waals surface area (Å²) in [6, 6.07) is 1.98. The normalized spacial score (nSPS) is 15.3. The first kappa shape index (κ1) is 21.3. The molecule has 138 valence electrons. The lowest BCUT2D eigenvalue weighted by atomic mass is 10.0. The predicted molar refractivity (Wildman–Crippen MR) is 110 cm³/mol. The smallest absolute Gasteiger partial charge is 0.191 e. The summed E-state index contributed by atoms with van der Waals surface area (Å²) in [4.78, 5) is 4.57. The molecule has 0 unspecified atom stereocenters. The van der Waals surface area contributed by atoms with E-state index in [1.165, 1.54) is 44.9 Å². The van der Waals surface area contributed by atoms with Crippen molar-refractivity contribution >= 4 is 29.9 Å². The van der Waals surface area contributed by atoms with E-state index >= 15 is 0 Å². The number of halogens is 1. The number of nitrogens with one attached hydrogen (secondary N) is 2. The number of aryl methyl sites for hydroxylation is 1. The molecular weight excluding hydrogens is 415 g/mol. The molecule has 1 aliphatic carbocycles. The van der Waals surface area contributed by atoms with Crippen LogP contribution < -0.4 is 10.6 Å².